The third kappa shape index (κ3) is 5.74. The molecule has 0 spiro atoms. The number of allylic oxidation sites excluding steroid dienone is 7. The number of hydrogen-bond acceptors (Lipinski definition) is 6. The molecule has 0 aromatic heterocycles. The maximum atomic E-state index is 12.6. The van der Waals surface area contributed by atoms with Gasteiger partial charge >= 0.3 is 11.9 Å². The molecular weight excluding hydrogens is 364 g/mol. The zero-order chi connectivity index (χ0) is 21.6. The molecule has 0 heterocycles. The highest BCUT2D eigenvalue weighted by molar-refractivity contribution is 6.02. The van der Waals surface area contributed by atoms with Gasteiger partial charge < -0.3 is 20.1 Å². The third-order valence-corrected chi connectivity index (χ3v) is 4.61. The van der Waals surface area contributed by atoms with Gasteiger partial charge in [-0.2, -0.15) is 0 Å². The number of ketones is 1. The molecule has 0 aromatic rings. The van der Waals surface area contributed by atoms with Crippen molar-refractivity contribution >= 4 is 17.7 Å². The summed E-state index contributed by atoms with van der Waals surface area (Å²) in [7, 11) is 0. The van der Waals surface area contributed by atoms with Crippen molar-refractivity contribution in [2.24, 2.45) is 5.41 Å². The highest BCUT2D eigenvalue weighted by Gasteiger charge is 2.41. The Balaban J connectivity index is 3.06. The van der Waals surface area contributed by atoms with E-state index in [1.54, 1.807) is 6.92 Å². The smallest absolute Gasteiger partial charge is 0.339 e. The summed E-state index contributed by atoms with van der Waals surface area (Å²) < 4.78 is 5.03. The average Bonchev–Trinajstić information content (AvgIpc) is 2.62. The lowest BCUT2D eigenvalue weighted by molar-refractivity contribution is -0.175. The largest absolute Gasteiger partial charge is 0.479 e. The molecule has 0 radical (unpaired) electrons. The van der Waals surface area contributed by atoms with E-state index in [-0.39, 0.29) is 6.42 Å². The van der Waals surface area contributed by atoms with E-state index >= 15 is 0 Å². The molecule has 7 nitrogen and oxygen atoms in total. The van der Waals surface area contributed by atoms with Crippen molar-refractivity contribution in [2.75, 3.05) is 0 Å². The lowest BCUT2D eigenvalue weighted by atomic mass is 9.71. The Morgan fingerprint density at radius 3 is 2.39 bits per heavy atom. The predicted octanol–water partition coefficient (Wildman–Crippen LogP) is 2.10. The zero-order valence-electron chi connectivity index (χ0n) is 16.8. The molecule has 3 unspecified atom stereocenters. The molecule has 154 valence electrons. The van der Waals surface area contributed by atoms with Gasteiger partial charge in [-0.3, -0.25) is 4.79 Å². The zero-order valence-corrected chi connectivity index (χ0v) is 16.8. The Bertz CT molecular complexity index is 753. The van der Waals surface area contributed by atoms with Gasteiger partial charge in [0.2, 0.25) is 0 Å². The van der Waals surface area contributed by atoms with Crippen molar-refractivity contribution in [1.82, 2.24) is 0 Å². The van der Waals surface area contributed by atoms with Gasteiger partial charge in [0.1, 0.15) is 0 Å². The van der Waals surface area contributed by atoms with Gasteiger partial charge in [0.05, 0.1) is 0 Å². The van der Waals surface area contributed by atoms with Crippen molar-refractivity contribution in [3.05, 3.63) is 47.1 Å². The van der Waals surface area contributed by atoms with Crippen molar-refractivity contribution in [3.63, 3.8) is 0 Å². The van der Waals surface area contributed by atoms with Crippen LogP contribution in [0.15, 0.2) is 47.1 Å². The van der Waals surface area contributed by atoms with Gasteiger partial charge in [-0.15, -0.1) is 0 Å². The number of esters is 1. The van der Waals surface area contributed by atoms with Crippen LogP contribution in [0.4, 0.5) is 0 Å². The number of aliphatic hydroxyl groups is 2. The summed E-state index contributed by atoms with van der Waals surface area (Å²) in [5, 5.41) is 27.5. The van der Waals surface area contributed by atoms with Crippen LogP contribution in [0.25, 0.3) is 0 Å². The molecule has 3 N–H and O–H groups in total. The molecular formula is C21H28O7. The van der Waals surface area contributed by atoms with E-state index in [0.29, 0.717) is 5.57 Å². The van der Waals surface area contributed by atoms with E-state index in [2.05, 4.69) is 0 Å². The number of carboxylic acids is 1. The molecule has 0 fully saturated rings. The molecule has 3 atom stereocenters. The van der Waals surface area contributed by atoms with Gasteiger partial charge in [-0.25, -0.2) is 9.59 Å². The minimum atomic E-state index is -2.32. The van der Waals surface area contributed by atoms with Gasteiger partial charge in [0, 0.05) is 6.42 Å². The molecule has 1 aliphatic carbocycles. The van der Waals surface area contributed by atoms with Crippen molar-refractivity contribution in [3.8, 4) is 0 Å². The number of aliphatic hydroxyl groups excluding tert-OH is 2. The van der Waals surface area contributed by atoms with Gasteiger partial charge in [0.25, 0.3) is 0 Å². The van der Waals surface area contributed by atoms with Crippen LogP contribution in [0.1, 0.15) is 41.0 Å². The standard InChI is InChI=1S/C21H28O7/c1-6-7-8-12(2)9-10-14-13(3)16(22)15(11-21(14,4)5)28-20(27)18(24)17(23)19(25)26/h6-10,15,17-18,23-24H,11H2,1-5H3,(H,25,26). The van der Waals surface area contributed by atoms with E-state index < -0.39 is 41.4 Å². The molecule has 0 aromatic carbocycles. The Kier molecular flexibility index (Phi) is 8.08. The SMILES string of the molecule is CC=CC=C(C)C=CC1=C(C)C(=O)C(OC(=O)C(O)C(O)C(=O)O)CC1(C)C. The summed E-state index contributed by atoms with van der Waals surface area (Å²) in [5.74, 6) is -3.52. The first kappa shape index (κ1) is 23.5. The van der Waals surface area contributed by atoms with E-state index in [1.807, 2.05) is 58.1 Å². The molecule has 0 saturated heterocycles. The molecule has 1 rings (SSSR count). The maximum Gasteiger partial charge on any atom is 0.339 e. The minimum Gasteiger partial charge on any atom is -0.479 e. The second-order valence-corrected chi connectivity index (χ2v) is 7.41. The first-order valence-corrected chi connectivity index (χ1v) is 8.95. The number of Topliss-reactive ketones (excluding diaryl/α,β-unsaturated/α-hetero) is 1. The fourth-order valence-corrected chi connectivity index (χ4v) is 2.99. The van der Waals surface area contributed by atoms with Crippen LogP contribution in [0.2, 0.25) is 0 Å². The van der Waals surface area contributed by atoms with Crippen LogP contribution < -0.4 is 0 Å². The summed E-state index contributed by atoms with van der Waals surface area (Å²) in [5.41, 5.74) is 1.74. The molecule has 0 saturated carbocycles. The maximum absolute atomic E-state index is 12.6. The van der Waals surface area contributed by atoms with E-state index in [1.165, 1.54) is 0 Å². The predicted molar refractivity (Wildman–Crippen MR) is 103 cm³/mol. The third-order valence-electron chi connectivity index (χ3n) is 4.61. The Morgan fingerprint density at radius 1 is 1.25 bits per heavy atom. The quantitative estimate of drug-likeness (QED) is 0.448. The van der Waals surface area contributed by atoms with Crippen LogP contribution in [0.5, 0.6) is 0 Å². The normalized spacial score (nSPS) is 22.6. The van der Waals surface area contributed by atoms with Crippen LogP contribution in [-0.2, 0) is 19.1 Å². The van der Waals surface area contributed by atoms with Crippen molar-refractivity contribution < 1.29 is 34.4 Å². The summed E-state index contributed by atoms with van der Waals surface area (Å²) in [6, 6.07) is 0. The van der Waals surface area contributed by atoms with Gasteiger partial charge in [-0.1, -0.05) is 49.8 Å². The molecule has 0 amide bonds. The van der Waals surface area contributed by atoms with Crippen molar-refractivity contribution in [1.29, 1.82) is 0 Å². The van der Waals surface area contributed by atoms with Gasteiger partial charge in [0.15, 0.2) is 24.1 Å². The molecule has 7 heteroatoms. The number of carbonyl (C=O) groups is 3. The number of hydrogen-bond donors (Lipinski definition) is 3. The topological polar surface area (TPSA) is 121 Å². The monoisotopic (exact) mass is 392 g/mol. The lowest BCUT2D eigenvalue weighted by Gasteiger charge is -2.36. The first-order valence-electron chi connectivity index (χ1n) is 8.95. The van der Waals surface area contributed by atoms with E-state index in [9.17, 15) is 24.6 Å². The van der Waals surface area contributed by atoms with Crippen LogP contribution in [0, 0.1) is 5.41 Å². The van der Waals surface area contributed by atoms with Crippen molar-refractivity contribution in [2.45, 2.75) is 59.4 Å². The summed E-state index contributed by atoms with van der Waals surface area (Å²) in [6.45, 7) is 9.28. The summed E-state index contributed by atoms with van der Waals surface area (Å²) in [6.07, 6.45) is 3.94. The number of ether oxygens (including phenoxy) is 1. The molecule has 0 bridgehead atoms. The molecule has 28 heavy (non-hydrogen) atoms. The van der Waals surface area contributed by atoms with E-state index in [0.717, 1.165) is 11.1 Å². The number of aliphatic carboxylic acids is 1. The fraction of sp³-hybridized carbons (Fsp3) is 0.476. The highest BCUT2D eigenvalue weighted by atomic mass is 16.6. The van der Waals surface area contributed by atoms with Crippen LogP contribution in [0.3, 0.4) is 0 Å². The summed E-state index contributed by atoms with van der Waals surface area (Å²) in [4.78, 5) is 35.3. The van der Waals surface area contributed by atoms with Crippen LogP contribution >= 0.6 is 0 Å². The number of carbonyl (C=O) groups excluding carboxylic acids is 2. The van der Waals surface area contributed by atoms with Gasteiger partial charge in [-0.05, 0) is 37.3 Å². The fourth-order valence-electron chi connectivity index (χ4n) is 2.99. The Hall–Kier alpha value is -2.51. The average molecular weight is 392 g/mol. The first-order chi connectivity index (χ1) is 12.9. The molecule has 1 aliphatic rings. The lowest BCUT2D eigenvalue weighted by Crippen LogP contribution is -2.45. The number of rotatable bonds is 7. The Morgan fingerprint density at radius 2 is 1.86 bits per heavy atom. The second-order valence-electron chi connectivity index (χ2n) is 7.41. The minimum absolute atomic E-state index is 0.169. The van der Waals surface area contributed by atoms with Crippen LogP contribution in [-0.4, -0.2) is 51.4 Å². The highest BCUT2D eigenvalue weighted by Crippen LogP contribution is 2.40. The van der Waals surface area contributed by atoms with E-state index in [4.69, 9.17) is 9.84 Å². The second kappa shape index (κ2) is 9.61. The number of carboxylic acid groups (broad SMARTS) is 1. The molecule has 0 aliphatic heterocycles. The summed E-state index contributed by atoms with van der Waals surface area (Å²) >= 11 is 0. The Labute approximate surface area is 164 Å².